The molecule has 0 aliphatic rings. The average Bonchev–Trinajstić information content (AvgIpc) is 2.96. The molecule has 0 saturated heterocycles. The molecule has 0 fully saturated rings. The Balaban J connectivity index is 1.96. The highest BCUT2D eigenvalue weighted by Gasteiger charge is 2.31. The summed E-state index contributed by atoms with van der Waals surface area (Å²) >= 11 is 5.87. The molecule has 4 nitrogen and oxygen atoms in total. The Kier molecular flexibility index (Phi) is 3.73. The number of rotatable bonds is 2. The first-order valence-electron chi connectivity index (χ1n) is 6.46. The molecule has 118 valence electrons. The SMILES string of the molecule is O=C(Nc1cc(C(F)(F)F)ccc1Cl)c1cccn2ccnc12. The first-order chi connectivity index (χ1) is 10.9. The predicted molar refractivity (Wildman–Crippen MR) is 79.6 cm³/mol. The Labute approximate surface area is 133 Å². The van der Waals surface area contributed by atoms with Crippen LogP contribution in [0.5, 0.6) is 0 Å². The molecule has 0 bridgehead atoms. The number of pyridine rings is 1. The van der Waals surface area contributed by atoms with Crippen LogP contribution in [0.1, 0.15) is 15.9 Å². The lowest BCUT2D eigenvalue weighted by atomic mass is 10.2. The van der Waals surface area contributed by atoms with Crippen molar-refractivity contribution < 1.29 is 18.0 Å². The maximum atomic E-state index is 12.8. The molecule has 3 aromatic rings. The van der Waals surface area contributed by atoms with Gasteiger partial charge in [0.1, 0.15) is 5.65 Å². The van der Waals surface area contributed by atoms with Crippen molar-refractivity contribution in [2.45, 2.75) is 6.18 Å². The van der Waals surface area contributed by atoms with E-state index >= 15 is 0 Å². The van der Waals surface area contributed by atoms with Crippen LogP contribution in [0, 0.1) is 0 Å². The van der Waals surface area contributed by atoms with E-state index in [1.165, 1.54) is 12.3 Å². The minimum Gasteiger partial charge on any atom is -0.320 e. The van der Waals surface area contributed by atoms with Crippen LogP contribution in [-0.2, 0) is 6.18 Å². The molecule has 1 aromatic carbocycles. The van der Waals surface area contributed by atoms with E-state index in [9.17, 15) is 18.0 Å². The fourth-order valence-corrected chi connectivity index (χ4v) is 2.28. The number of anilines is 1. The van der Waals surface area contributed by atoms with Gasteiger partial charge in [-0.3, -0.25) is 4.79 Å². The summed E-state index contributed by atoms with van der Waals surface area (Å²) in [5.74, 6) is -0.594. The van der Waals surface area contributed by atoms with Crippen LogP contribution in [0.15, 0.2) is 48.9 Å². The summed E-state index contributed by atoms with van der Waals surface area (Å²) in [6.07, 6.45) is 0.357. The van der Waals surface area contributed by atoms with Gasteiger partial charge in [-0.15, -0.1) is 0 Å². The molecule has 3 rings (SSSR count). The summed E-state index contributed by atoms with van der Waals surface area (Å²) in [4.78, 5) is 16.4. The number of hydrogen-bond acceptors (Lipinski definition) is 2. The average molecular weight is 340 g/mol. The number of aromatic nitrogens is 2. The predicted octanol–water partition coefficient (Wildman–Crippen LogP) is 4.26. The van der Waals surface area contributed by atoms with Gasteiger partial charge in [0.15, 0.2) is 0 Å². The molecule has 1 amide bonds. The number of nitrogens with one attached hydrogen (secondary N) is 1. The van der Waals surface area contributed by atoms with Crippen molar-refractivity contribution >= 4 is 28.8 Å². The molecule has 0 radical (unpaired) electrons. The van der Waals surface area contributed by atoms with Gasteiger partial charge in [-0.05, 0) is 30.3 Å². The lowest BCUT2D eigenvalue weighted by Gasteiger charge is -2.12. The highest BCUT2D eigenvalue weighted by atomic mass is 35.5. The number of imidazole rings is 1. The number of amides is 1. The van der Waals surface area contributed by atoms with Crippen molar-refractivity contribution in [1.82, 2.24) is 9.38 Å². The molecule has 0 spiro atoms. The topological polar surface area (TPSA) is 46.4 Å². The van der Waals surface area contributed by atoms with E-state index in [0.29, 0.717) is 5.65 Å². The van der Waals surface area contributed by atoms with Gasteiger partial charge in [-0.25, -0.2) is 4.98 Å². The number of alkyl halides is 3. The molecule has 1 N–H and O–H groups in total. The second-order valence-corrected chi connectivity index (χ2v) is 5.13. The Bertz CT molecular complexity index is 889. The van der Waals surface area contributed by atoms with Gasteiger partial charge in [-0.1, -0.05) is 11.6 Å². The van der Waals surface area contributed by atoms with Crippen LogP contribution in [0.4, 0.5) is 18.9 Å². The fraction of sp³-hybridized carbons (Fsp3) is 0.0667. The molecule has 23 heavy (non-hydrogen) atoms. The Morgan fingerprint density at radius 2 is 2.00 bits per heavy atom. The van der Waals surface area contributed by atoms with Crippen LogP contribution in [0.2, 0.25) is 5.02 Å². The van der Waals surface area contributed by atoms with Crippen molar-refractivity contribution in [3.05, 3.63) is 65.1 Å². The van der Waals surface area contributed by atoms with Crippen LogP contribution in [-0.4, -0.2) is 15.3 Å². The minimum atomic E-state index is -4.52. The number of carbonyl (C=O) groups is 1. The largest absolute Gasteiger partial charge is 0.416 e. The molecule has 2 aromatic heterocycles. The smallest absolute Gasteiger partial charge is 0.320 e. The Hall–Kier alpha value is -2.54. The highest BCUT2D eigenvalue weighted by molar-refractivity contribution is 6.34. The molecule has 0 saturated carbocycles. The summed E-state index contributed by atoms with van der Waals surface area (Å²) < 4.78 is 39.9. The van der Waals surface area contributed by atoms with E-state index in [-0.39, 0.29) is 16.3 Å². The van der Waals surface area contributed by atoms with Gasteiger partial charge in [0, 0.05) is 18.6 Å². The lowest BCUT2D eigenvalue weighted by Crippen LogP contribution is -2.14. The maximum Gasteiger partial charge on any atom is 0.416 e. The monoisotopic (exact) mass is 339 g/mol. The third-order valence-electron chi connectivity index (χ3n) is 3.21. The summed E-state index contributed by atoms with van der Waals surface area (Å²) in [6, 6.07) is 5.91. The summed E-state index contributed by atoms with van der Waals surface area (Å²) in [5.41, 5.74) is -0.379. The van der Waals surface area contributed by atoms with Gasteiger partial charge in [-0.2, -0.15) is 13.2 Å². The number of carbonyl (C=O) groups excluding carboxylic acids is 1. The summed E-state index contributed by atoms with van der Waals surface area (Å²) in [6.45, 7) is 0. The van der Waals surface area contributed by atoms with E-state index in [0.717, 1.165) is 18.2 Å². The zero-order chi connectivity index (χ0) is 16.6. The van der Waals surface area contributed by atoms with Crippen LogP contribution in [0.3, 0.4) is 0 Å². The molecule has 0 atom stereocenters. The van der Waals surface area contributed by atoms with Crippen LogP contribution < -0.4 is 5.32 Å². The Morgan fingerprint density at radius 3 is 2.74 bits per heavy atom. The van der Waals surface area contributed by atoms with Crippen molar-refractivity contribution in [1.29, 1.82) is 0 Å². The van der Waals surface area contributed by atoms with E-state index in [4.69, 9.17) is 11.6 Å². The number of nitrogens with zero attached hydrogens (tertiary/aromatic N) is 2. The standard InChI is InChI=1S/C15H9ClF3N3O/c16-11-4-3-9(15(17,18)19)8-12(11)21-14(23)10-2-1-6-22-7-5-20-13(10)22/h1-8H,(H,21,23). The number of benzene rings is 1. The quantitative estimate of drug-likeness (QED) is 0.758. The molecule has 8 heteroatoms. The molecule has 0 aliphatic carbocycles. The van der Waals surface area contributed by atoms with Crippen molar-refractivity contribution in [3.63, 3.8) is 0 Å². The zero-order valence-electron chi connectivity index (χ0n) is 11.4. The third kappa shape index (κ3) is 3.00. The molecular formula is C15H9ClF3N3O. The lowest BCUT2D eigenvalue weighted by molar-refractivity contribution is -0.137. The second-order valence-electron chi connectivity index (χ2n) is 4.73. The normalized spacial score (nSPS) is 11.7. The first kappa shape index (κ1) is 15.4. The van der Waals surface area contributed by atoms with Gasteiger partial charge in [0.05, 0.1) is 21.8 Å². The van der Waals surface area contributed by atoms with Gasteiger partial charge < -0.3 is 9.72 Å². The Morgan fingerprint density at radius 1 is 1.22 bits per heavy atom. The third-order valence-corrected chi connectivity index (χ3v) is 3.54. The van der Waals surface area contributed by atoms with Gasteiger partial charge >= 0.3 is 6.18 Å². The molecule has 0 unspecified atom stereocenters. The van der Waals surface area contributed by atoms with Gasteiger partial charge in [0.25, 0.3) is 5.91 Å². The van der Waals surface area contributed by atoms with Crippen LogP contribution in [0.25, 0.3) is 5.65 Å². The fourth-order valence-electron chi connectivity index (χ4n) is 2.11. The van der Waals surface area contributed by atoms with Crippen molar-refractivity contribution in [2.75, 3.05) is 5.32 Å². The second kappa shape index (κ2) is 5.58. The number of halogens is 4. The summed E-state index contributed by atoms with van der Waals surface area (Å²) in [5, 5.41) is 2.41. The minimum absolute atomic E-state index is 0.0154. The van der Waals surface area contributed by atoms with Crippen molar-refractivity contribution in [3.8, 4) is 0 Å². The zero-order valence-corrected chi connectivity index (χ0v) is 12.2. The molecule has 2 heterocycles. The highest BCUT2D eigenvalue weighted by Crippen LogP contribution is 2.34. The van der Waals surface area contributed by atoms with E-state index < -0.39 is 17.6 Å². The van der Waals surface area contributed by atoms with Crippen molar-refractivity contribution in [2.24, 2.45) is 0 Å². The van der Waals surface area contributed by atoms with E-state index in [2.05, 4.69) is 10.3 Å². The summed E-state index contributed by atoms with van der Waals surface area (Å²) in [7, 11) is 0. The van der Waals surface area contributed by atoms with E-state index in [1.807, 2.05) is 0 Å². The molecular weight excluding hydrogens is 331 g/mol. The van der Waals surface area contributed by atoms with E-state index in [1.54, 1.807) is 22.9 Å². The number of hydrogen-bond donors (Lipinski definition) is 1. The maximum absolute atomic E-state index is 12.8. The number of fused-ring (bicyclic) bond motifs is 1. The first-order valence-corrected chi connectivity index (χ1v) is 6.84. The van der Waals surface area contributed by atoms with Crippen LogP contribution >= 0.6 is 11.6 Å². The van der Waals surface area contributed by atoms with Gasteiger partial charge in [0.2, 0.25) is 0 Å². The molecule has 0 aliphatic heterocycles.